The van der Waals surface area contributed by atoms with Gasteiger partial charge in [-0.1, -0.05) is 0 Å². The van der Waals surface area contributed by atoms with Gasteiger partial charge in [-0.3, -0.25) is 19.0 Å². The Hall–Kier alpha value is -3.47. The van der Waals surface area contributed by atoms with Gasteiger partial charge in [0, 0.05) is 52.5 Å². The minimum atomic E-state index is -5.08. The maximum Gasteiger partial charge on any atom is 0.490 e. The molecular formula is C24H32F6N6O5. The van der Waals surface area contributed by atoms with Gasteiger partial charge < -0.3 is 15.1 Å². The quantitative estimate of drug-likeness (QED) is 0.499. The first-order valence-electron chi connectivity index (χ1n) is 12.5. The third kappa shape index (κ3) is 9.84. The highest BCUT2D eigenvalue weighted by Gasteiger charge is 2.39. The van der Waals surface area contributed by atoms with Crippen molar-refractivity contribution in [2.45, 2.75) is 51.1 Å². The Morgan fingerprint density at radius 2 is 1.51 bits per heavy atom. The van der Waals surface area contributed by atoms with Crippen molar-refractivity contribution in [2.75, 3.05) is 40.3 Å². The van der Waals surface area contributed by atoms with Gasteiger partial charge in [0.1, 0.15) is 0 Å². The summed E-state index contributed by atoms with van der Waals surface area (Å²) < 4.78 is 65.5. The molecule has 1 saturated carbocycles. The predicted octanol–water partition coefficient (Wildman–Crippen LogP) is 3.17. The summed E-state index contributed by atoms with van der Waals surface area (Å²) in [6.45, 7) is 8.82. The maximum atomic E-state index is 12.4. The lowest BCUT2D eigenvalue weighted by molar-refractivity contribution is -0.193. The van der Waals surface area contributed by atoms with E-state index >= 15 is 0 Å². The lowest BCUT2D eigenvalue weighted by Crippen LogP contribution is -2.51. The number of piperazine rings is 1. The van der Waals surface area contributed by atoms with Crippen LogP contribution in [0.25, 0.3) is 5.65 Å². The number of fused-ring (bicyclic) bond motifs is 1. The minimum absolute atomic E-state index is 0.00345. The van der Waals surface area contributed by atoms with E-state index in [1.807, 2.05) is 22.7 Å². The standard InChI is InChI=1S/C20H30N6O.2C2HF3O2/c1-14(2)25-10-9-24(11-15-5-6-15)13-17(25)19-22-21-18-8-7-16(12-26(18)19)20(27)23(3)4;2*3-2(4,5)1(6)7/h7-8,12,14-15,17H,5-6,9-11,13H2,1-4H3;2*(H,6,7). The van der Waals surface area contributed by atoms with Crippen molar-refractivity contribution in [2.24, 2.45) is 5.92 Å². The number of aliphatic carboxylic acids is 2. The van der Waals surface area contributed by atoms with E-state index < -0.39 is 24.3 Å². The summed E-state index contributed by atoms with van der Waals surface area (Å²) in [5.74, 6) is -3.69. The van der Waals surface area contributed by atoms with Crippen molar-refractivity contribution in [3.63, 3.8) is 0 Å². The zero-order chi connectivity index (χ0) is 31.3. The first-order valence-corrected chi connectivity index (χ1v) is 12.5. The Morgan fingerprint density at radius 3 is 1.95 bits per heavy atom. The zero-order valence-electron chi connectivity index (χ0n) is 22.8. The van der Waals surface area contributed by atoms with E-state index in [4.69, 9.17) is 19.8 Å². The van der Waals surface area contributed by atoms with E-state index in [1.165, 1.54) is 19.4 Å². The van der Waals surface area contributed by atoms with Gasteiger partial charge in [0.05, 0.1) is 11.6 Å². The average Bonchev–Trinajstić information content (AvgIpc) is 3.57. The topological polar surface area (TPSA) is 132 Å². The second-order valence-corrected chi connectivity index (χ2v) is 10.1. The van der Waals surface area contributed by atoms with Crippen LogP contribution < -0.4 is 0 Å². The van der Waals surface area contributed by atoms with Crippen LogP contribution in [0.4, 0.5) is 26.3 Å². The maximum absolute atomic E-state index is 12.4. The normalized spacial score (nSPS) is 18.3. The predicted molar refractivity (Wildman–Crippen MR) is 132 cm³/mol. The monoisotopic (exact) mass is 598 g/mol. The van der Waals surface area contributed by atoms with Crippen molar-refractivity contribution in [1.82, 2.24) is 29.3 Å². The molecule has 11 nitrogen and oxygen atoms in total. The SMILES string of the molecule is CC(C)N1CCN(CC2CC2)CC1c1nnc2ccc(C(=O)N(C)C)cn12.O=C(O)C(F)(F)F.O=C(O)C(F)(F)F. The van der Waals surface area contributed by atoms with Gasteiger partial charge in [0.2, 0.25) is 0 Å². The average molecular weight is 599 g/mol. The molecule has 1 unspecified atom stereocenters. The van der Waals surface area contributed by atoms with Crippen LogP contribution in [-0.4, -0.2) is 116 Å². The molecule has 0 radical (unpaired) electrons. The number of hydrogen-bond donors (Lipinski definition) is 2. The smallest absolute Gasteiger partial charge is 0.475 e. The van der Waals surface area contributed by atoms with Crippen molar-refractivity contribution < 1.29 is 50.9 Å². The number of carbonyl (C=O) groups excluding carboxylic acids is 1. The van der Waals surface area contributed by atoms with Crippen LogP contribution in [0.2, 0.25) is 0 Å². The van der Waals surface area contributed by atoms with E-state index in [0.29, 0.717) is 11.6 Å². The largest absolute Gasteiger partial charge is 0.490 e. The highest BCUT2D eigenvalue weighted by molar-refractivity contribution is 5.93. The molecule has 2 aliphatic rings. The molecule has 0 aromatic carbocycles. The fourth-order valence-corrected chi connectivity index (χ4v) is 4.05. The van der Waals surface area contributed by atoms with Crippen LogP contribution in [0.15, 0.2) is 18.3 Å². The number of carbonyl (C=O) groups is 3. The molecule has 1 atom stereocenters. The van der Waals surface area contributed by atoms with Crippen molar-refractivity contribution in [1.29, 1.82) is 0 Å². The van der Waals surface area contributed by atoms with Gasteiger partial charge in [0.25, 0.3) is 5.91 Å². The molecule has 2 aromatic rings. The van der Waals surface area contributed by atoms with Crippen molar-refractivity contribution in [3.8, 4) is 0 Å². The lowest BCUT2D eigenvalue weighted by atomic mass is 10.1. The van der Waals surface area contributed by atoms with Gasteiger partial charge in [-0.25, -0.2) is 9.59 Å². The Bertz CT molecular complexity index is 1190. The Kier molecular flexibility index (Phi) is 11.1. The van der Waals surface area contributed by atoms with Crippen LogP contribution in [0.5, 0.6) is 0 Å². The number of alkyl halides is 6. The molecule has 1 saturated heterocycles. The summed E-state index contributed by atoms with van der Waals surface area (Å²) in [7, 11) is 3.55. The number of amides is 1. The number of rotatable bonds is 5. The molecular weight excluding hydrogens is 566 g/mol. The molecule has 4 rings (SSSR count). The minimum Gasteiger partial charge on any atom is -0.475 e. The van der Waals surface area contributed by atoms with Gasteiger partial charge in [-0.15, -0.1) is 10.2 Å². The Labute approximate surface area is 231 Å². The summed E-state index contributed by atoms with van der Waals surface area (Å²) in [6.07, 6.45) is -5.52. The molecule has 230 valence electrons. The number of carboxylic acid groups (broad SMARTS) is 2. The lowest BCUT2D eigenvalue weighted by Gasteiger charge is -2.42. The Morgan fingerprint density at radius 1 is 0.976 bits per heavy atom. The summed E-state index contributed by atoms with van der Waals surface area (Å²) in [5, 5.41) is 23.2. The number of aromatic nitrogens is 3. The molecule has 3 heterocycles. The fraction of sp³-hybridized carbons (Fsp3) is 0.625. The van der Waals surface area contributed by atoms with Crippen LogP contribution in [0, 0.1) is 5.92 Å². The van der Waals surface area contributed by atoms with Crippen molar-refractivity contribution >= 4 is 23.5 Å². The van der Waals surface area contributed by atoms with E-state index in [0.717, 1.165) is 37.0 Å². The molecule has 0 spiro atoms. The number of nitrogens with zero attached hydrogens (tertiary/aromatic N) is 6. The van der Waals surface area contributed by atoms with E-state index in [9.17, 15) is 31.1 Å². The molecule has 2 N–H and O–H groups in total. The van der Waals surface area contributed by atoms with Gasteiger partial charge in [0.15, 0.2) is 11.5 Å². The fourth-order valence-electron chi connectivity index (χ4n) is 4.05. The van der Waals surface area contributed by atoms with Gasteiger partial charge in [-0.05, 0) is 44.7 Å². The molecule has 1 aliphatic carbocycles. The second kappa shape index (κ2) is 13.5. The van der Waals surface area contributed by atoms with Gasteiger partial charge >= 0.3 is 24.3 Å². The second-order valence-electron chi connectivity index (χ2n) is 10.1. The number of pyridine rings is 1. The van der Waals surface area contributed by atoms with E-state index in [2.05, 4.69) is 33.8 Å². The molecule has 2 fully saturated rings. The third-order valence-electron chi connectivity index (χ3n) is 6.25. The van der Waals surface area contributed by atoms with Gasteiger partial charge in [-0.2, -0.15) is 26.3 Å². The summed E-state index contributed by atoms with van der Waals surface area (Å²) in [4.78, 5) is 36.9. The summed E-state index contributed by atoms with van der Waals surface area (Å²) in [6, 6.07) is 4.35. The molecule has 1 aliphatic heterocycles. The van der Waals surface area contributed by atoms with Crippen LogP contribution in [0.1, 0.15) is 48.9 Å². The highest BCUT2D eigenvalue weighted by Crippen LogP contribution is 2.33. The van der Waals surface area contributed by atoms with E-state index in [1.54, 1.807) is 19.0 Å². The Balaban J connectivity index is 0.000000349. The number of carboxylic acids is 2. The third-order valence-corrected chi connectivity index (χ3v) is 6.25. The molecule has 41 heavy (non-hydrogen) atoms. The summed E-state index contributed by atoms with van der Waals surface area (Å²) >= 11 is 0. The first-order chi connectivity index (χ1) is 18.8. The highest BCUT2D eigenvalue weighted by atomic mass is 19.4. The molecule has 1 amide bonds. The summed E-state index contributed by atoms with van der Waals surface area (Å²) in [5.41, 5.74) is 1.46. The van der Waals surface area contributed by atoms with Crippen LogP contribution in [0.3, 0.4) is 0 Å². The molecule has 2 aromatic heterocycles. The van der Waals surface area contributed by atoms with Crippen LogP contribution in [-0.2, 0) is 9.59 Å². The van der Waals surface area contributed by atoms with Crippen LogP contribution >= 0.6 is 0 Å². The zero-order valence-corrected chi connectivity index (χ0v) is 22.8. The first kappa shape index (κ1) is 33.7. The van der Waals surface area contributed by atoms with E-state index in [-0.39, 0.29) is 11.9 Å². The molecule has 0 bridgehead atoms. The number of hydrogen-bond acceptors (Lipinski definition) is 7. The molecule has 17 heteroatoms. The van der Waals surface area contributed by atoms with Crippen molar-refractivity contribution in [3.05, 3.63) is 29.7 Å². The number of halogens is 6.